The van der Waals surface area contributed by atoms with Crippen LogP contribution in [0.15, 0.2) is 35.6 Å². The Morgan fingerprint density at radius 2 is 1.90 bits per heavy atom. The third-order valence-corrected chi connectivity index (χ3v) is 4.37. The summed E-state index contributed by atoms with van der Waals surface area (Å²) in [5.74, 6) is -0.0318. The summed E-state index contributed by atoms with van der Waals surface area (Å²) in [6.45, 7) is 0.0935. The molecule has 0 aliphatic heterocycles. The van der Waals surface area contributed by atoms with Crippen LogP contribution in [-0.4, -0.2) is 23.1 Å². The number of aromatic nitrogens is 2. The molecule has 0 bridgehead atoms. The zero-order valence-electron chi connectivity index (χ0n) is 10.9. The average molecular weight is 296 g/mol. The molecule has 0 saturated heterocycles. The van der Waals surface area contributed by atoms with Crippen molar-refractivity contribution in [2.24, 2.45) is 7.05 Å². The van der Waals surface area contributed by atoms with Gasteiger partial charge in [0.1, 0.15) is 0 Å². The maximum absolute atomic E-state index is 12.1. The zero-order chi connectivity index (χ0) is 14.8. The van der Waals surface area contributed by atoms with Crippen molar-refractivity contribution >= 4 is 15.8 Å². The maximum atomic E-state index is 12.1. The lowest BCUT2D eigenvalue weighted by molar-refractivity contribution is 0.282. The van der Waals surface area contributed by atoms with Crippen LogP contribution in [0.5, 0.6) is 0 Å². The van der Waals surface area contributed by atoms with Gasteiger partial charge in [0.2, 0.25) is 0 Å². The average Bonchev–Trinajstić information content (AvgIpc) is 2.77. The number of nitrogens with zero attached hydrogens (tertiary/aromatic N) is 2. The molecule has 0 aliphatic carbocycles. The fraction of sp³-hybridized carbons (Fsp3) is 0.250. The van der Waals surface area contributed by atoms with E-state index in [-0.39, 0.29) is 24.0 Å². The molecule has 0 fully saturated rings. The zero-order valence-corrected chi connectivity index (χ0v) is 11.8. The van der Waals surface area contributed by atoms with Crippen LogP contribution in [0.2, 0.25) is 0 Å². The Balaban J connectivity index is 2.13. The number of nitrogens with one attached hydrogen (secondary N) is 1. The molecule has 108 valence electrons. The highest BCUT2D eigenvalue weighted by atomic mass is 32.2. The number of sulfonamides is 1. The molecule has 1 aromatic carbocycles. The molecule has 0 unspecified atom stereocenters. The molecule has 0 spiro atoms. The summed E-state index contributed by atoms with van der Waals surface area (Å²) in [7, 11) is -2.15. The van der Waals surface area contributed by atoms with Crippen molar-refractivity contribution in [3.63, 3.8) is 0 Å². The number of aliphatic hydroxyl groups excluding tert-OH is 1. The summed E-state index contributed by atoms with van der Waals surface area (Å²) in [5.41, 5.74) is 7.11. The fourth-order valence-corrected chi connectivity index (χ4v) is 3.02. The van der Waals surface area contributed by atoms with Crippen molar-refractivity contribution in [2.45, 2.75) is 18.2 Å². The molecule has 7 nitrogen and oxygen atoms in total. The smallest absolute Gasteiger partial charge is 0.260 e. The van der Waals surface area contributed by atoms with Crippen molar-refractivity contribution in [3.8, 4) is 0 Å². The number of anilines is 1. The highest BCUT2D eigenvalue weighted by molar-refractivity contribution is 7.89. The molecule has 1 heterocycles. The minimum absolute atomic E-state index is 0.0318. The van der Waals surface area contributed by atoms with Crippen LogP contribution >= 0.6 is 0 Å². The summed E-state index contributed by atoms with van der Waals surface area (Å²) in [5, 5.41) is 8.89. The first kappa shape index (κ1) is 14.5. The van der Waals surface area contributed by atoms with Gasteiger partial charge in [0.25, 0.3) is 10.0 Å². The molecule has 0 saturated carbocycles. The van der Waals surface area contributed by atoms with E-state index in [9.17, 15) is 8.42 Å². The predicted octanol–water partition coefficient (Wildman–Crippen LogP) is -0.0269. The first-order valence-electron chi connectivity index (χ1n) is 5.89. The van der Waals surface area contributed by atoms with Crippen LogP contribution in [-0.2, 0) is 30.2 Å². The van der Waals surface area contributed by atoms with Gasteiger partial charge in [0.15, 0.2) is 10.8 Å². The SMILES string of the molecule is Cn1cnc(N)c1S(=O)(=O)NCc1ccc(CO)cc1. The number of hydrogen-bond acceptors (Lipinski definition) is 5. The lowest BCUT2D eigenvalue weighted by Gasteiger charge is -2.08. The van der Waals surface area contributed by atoms with Crippen molar-refractivity contribution < 1.29 is 13.5 Å². The summed E-state index contributed by atoms with van der Waals surface area (Å²) >= 11 is 0. The largest absolute Gasteiger partial charge is 0.392 e. The molecule has 0 atom stereocenters. The minimum Gasteiger partial charge on any atom is -0.392 e. The Morgan fingerprint density at radius 3 is 2.40 bits per heavy atom. The first-order chi connectivity index (χ1) is 9.44. The Hall–Kier alpha value is -1.90. The van der Waals surface area contributed by atoms with Gasteiger partial charge in [0, 0.05) is 13.6 Å². The van der Waals surface area contributed by atoms with Crippen molar-refractivity contribution in [2.75, 3.05) is 5.73 Å². The quantitative estimate of drug-likeness (QED) is 0.718. The van der Waals surface area contributed by atoms with Gasteiger partial charge in [-0.25, -0.2) is 18.1 Å². The third kappa shape index (κ3) is 2.98. The van der Waals surface area contributed by atoms with Gasteiger partial charge in [0.05, 0.1) is 12.9 Å². The molecule has 1 aromatic heterocycles. The minimum atomic E-state index is -3.72. The van der Waals surface area contributed by atoms with E-state index >= 15 is 0 Å². The van der Waals surface area contributed by atoms with Crippen molar-refractivity contribution in [1.29, 1.82) is 0 Å². The molecular weight excluding hydrogens is 280 g/mol. The Morgan fingerprint density at radius 1 is 1.30 bits per heavy atom. The number of rotatable bonds is 5. The predicted molar refractivity (Wildman–Crippen MR) is 74.0 cm³/mol. The number of nitrogen functional groups attached to an aromatic ring is 1. The number of aliphatic hydroxyl groups is 1. The molecule has 2 rings (SSSR count). The summed E-state index contributed by atoms with van der Waals surface area (Å²) in [4.78, 5) is 3.75. The lowest BCUT2D eigenvalue weighted by Crippen LogP contribution is -2.26. The van der Waals surface area contributed by atoms with E-state index in [0.29, 0.717) is 0 Å². The molecule has 2 aromatic rings. The molecule has 0 aliphatic rings. The molecular formula is C12H16N4O3S. The van der Waals surface area contributed by atoms with E-state index in [0.717, 1.165) is 11.1 Å². The highest BCUT2D eigenvalue weighted by Gasteiger charge is 2.21. The van der Waals surface area contributed by atoms with E-state index in [1.165, 1.54) is 10.9 Å². The van der Waals surface area contributed by atoms with Gasteiger partial charge in [-0.15, -0.1) is 0 Å². The Kier molecular flexibility index (Phi) is 4.07. The van der Waals surface area contributed by atoms with Gasteiger partial charge < -0.3 is 15.4 Å². The van der Waals surface area contributed by atoms with Crippen molar-refractivity contribution in [3.05, 3.63) is 41.7 Å². The van der Waals surface area contributed by atoms with Gasteiger partial charge in [-0.05, 0) is 11.1 Å². The number of aryl methyl sites for hydroxylation is 1. The second-order valence-corrected chi connectivity index (χ2v) is 6.03. The number of hydrogen-bond donors (Lipinski definition) is 3. The normalized spacial score (nSPS) is 11.7. The van der Waals surface area contributed by atoms with Crippen LogP contribution in [0.25, 0.3) is 0 Å². The summed E-state index contributed by atoms with van der Waals surface area (Å²) < 4.78 is 28.1. The maximum Gasteiger partial charge on any atom is 0.260 e. The fourth-order valence-electron chi connectivity index (χ4n) is 1.77. The third-order valence-electron chi connectivity index (χ3n) is 2.84. The lowest BCUT2D eigenvalue weighted by atomic mass is 10.1. The molecule has 20 heavy (non-hydrogen) atoms. The number of imidazole rings is 1. The van der Waals surface area contributed by atoms with Gasteiger partial charge in [-0.2, -0.15) is 0 Å². The van der Waals surface area contributed by atoms with Crippen LogP contribution < -0.4 is 10.5 Å². The van der Waals surface area contributed by atoms with Gasteiger partial charge in [-0.3, -0.25) is 0 Å². The van der Waals surface area contributed by atoms with Crippen LogP contribution in [0.1, 0.15) is 11.1 Å². The van der Waals surface area contributed by atoms with E-state index in [4.69, 9.17) is 10.8 Å². The molecule has 0 amide bonds. The Labute approximate surface area is 117 Å². The number of benzene rings is 1. The standard InChI is InChI=1S/C12H16N4O3S/c1-16-8-14-11(13)12(16)20(18,19)15-6-9-2-4-10(7-17)5-3-9/h2-5,8,15,17H,6-7,13H2,1H3. The second-order valence-electron chi connectivity index (χ2n) is 4.35. The molecule has 0 radical (unpaired) electrons. The first-order valence-corrected chi connectivity index (χ1v) is 7.37. The topological polar surface area (TPSA) is 110 Å². The number of nitrogens with two attached hydrogens (primary N) is 1. The van der Waals surface area contributed by atoms with Crippen LogP contribution in [0, 0.1) is 0 Å². The van der Waals surface area contributed by atoms with E-state index in [2.05, 4.69) is 9.71 Å². The van der Waals surface area contributed by atoms with Gasteiger partial charge >= 0.3 is 0 Å². The monoisotopic (exact) mass is 296 g/mol. The van der Waals surface area contributed by atoms with E-state index in [1.54, 1.807) is 31.3 Å². The van der Waals surface area contributed by atoms with E-state index < -0.39 is 10.0 Å². The van der Waals surface area contributed by atoms with Gasteiger partial charge in [-0.1, -0.05) is 24.3 Å². The highest BCUT2D eigenvalue weighted by Crippen LogP contribution is 2.15. The summed E-state index contributed by atoms with van der Waals surface area (Å²) in [6, 6.07) is 6.98. The summed E-state index contributed by atoms with van der Waals surface area (Å²) in [6.07, 6.45) is 1.35. The second kappa shape index (κ2) is 5.61. The molecule has 8 heteroatoms. The van der Waals surface area contributed by atoms with Crippen molar-refractivity contribution in [1.82, 2.24) is 14.3 Å². The van der Waals surface area contributed by atoms with Crippen LogP contribution in [0.3, 0.4) is 0 Å². The van der Waals surface area contributed by atoms with E-state index in [1.807, 2.05) is 0 Å². The molecule has 4 N–H and O–H groups in total. The Bertz CT molecular complexity index is 672. The van der Waals surface area contributed by atoms with Crippen LogP contribution in [0.4, 0.5) is 5.82 Å².